The molecule has 18 heavy (non-hydrogen) atoms. The molecule has 0 aliphatic rings. The number of nitrogens with two attached hydrogens (primary N) is 1. The monoisotopic (exact) mass is 252 g/mol. The van der Waals surface area contributed by atoms with Gasteiger partial charge in [0.25, 0.3) is 0 Å². The van der Waals surface area contributed by atoms with Gasteiger partial charge in [-0.1, -0.05) is 13.3 Å². The minimum absolute atomic E-state index is 0.0277. The average molecular weight is 252 g/mol. The second-order valence-corrected chi connectivity index (χ2v) is 5.29. The van der Waals surface area contributed by atoms with Crippen molar-refractivity contribution in [3.63, 3.8) is 0 Å². The number of carbonyl (C=O) groups is 1. The van der Waals surface area contributed by atoms with Gasteiger partial charge in [-0.25, -0.2) is 0 Å². The van der Waals surface area contributed by atoms with Crippen LogP contribution in [0.2, 0.25) is 0 Å². The highest BCUT2D eigenvalue weighted by Crippen LogP contribution is 2.09. The Morgan fingerprint density at radius 2 is 2.33 bits per heavy atom. The fourth-order valence-electron chi connectivity index (χ4n) is 1.97. The van der Waals surface area contributed by atoms with Gasteiger partial charge in [0.2, 0.25) is 5.91 Å². The van der Waals surface area contributed by atoms with Crippen molar-refractivity contribution in [2.45, 2.75) is 58.5 Å². The Balaban J connectivity index is 2.49. The van der Waals surface area contributed by atoms with Crippen molar-refractivity contribution >= 4 is 5.91 Å². The van der Waals surface area contributed by atoms with E-state index in [4.69, 9.17) is 5.73 Å². The smallest absolute Gasteiger partial charge is 0.240 e. The lowest BCUT2D eigenvalue weighted by Gasteiger charge is -2.25. The molecule has 0 spiro atoms. The van der Waals surface area contributed by atoms with E-state index in [1.807, 2.05) is 26.8 Å². The highest BCUT2D eigenvalue weighted by Gasteiger charge is 2.28. The van der Waals surface area contributed by atoms with Gasteiger partial charge in [-0.2, -0.15) is 5.10 Å². The van der Waals surface area contributed by atoms with Gasteiger partial charge in [0.15, 0.2) is 0 Å². The minimum atomic E-state index is -0.787. The maximum atomic E-state index is 12.0. The second kappa shape index (κ2) is 6.00. The number of aromatic nitrogens is 2. The van der Waals surface area contributed by atoms with Crippen molar-refractivity contribution in [3.05, 3.63) is 17.5 Å². The largest absolute Gasteiger partial charge is 0.352 e. The molecule has 0 aliphatic heterocycles. The van der Waals surface area contributed by atoms with Gasteiger partial charge in [-0.15, -0.1) is 0 Å². The van der Waals surface area contributed by atoms with Crippen molar-refractivity contribution in [1.82, 2.24) is 15.5 Å². The Morgan fingerprint density at radius 3 is 2.83 bits per heavy atom. The number of hydrogen-bond acceptors (Lipinski definition) is 3. The standard InChI is InChI=1S/C13H24N4O/c1-5-6-13(4,14)12(18)15-9(2)7-11-8-10(3)16-17-11/h8-9H,5-7,14H2,1-4H3,(H,15,18)(H,16,17). The van der Waals surface area contributed by atoms with Gasteiger partial charge in [0.1, 0.15) is 0 Å². The Kier molecular flexibility index (Phi) is 4.90. The first-order valence-electron chi connectivity index (χ1n) is 6.46. The average Bonchev–Trinajstić information content (AvgIpc) is 2.63. The molecular formula is C13H24N4O. The van der Waals surface area contributed by atoms with Crippen LogP contribution in [0.4, 0.5) is 0 Å². The minimum Gasteiger partial charge on any atom is -0.352 e. The molecule has 0 bridgehead atoms. The summed E-state index contributed by atoms with van der Waals surface area (Å²) in [6.07, 6.45) is 2.29. The zero-order valence-electron chi connectivity index (χ0n) is 11.7. The number of amides is 1. The summed E-state index contributed by atoms with van der Waals surface area (Å²) in [5.74, 6) is -0.0934. The first-order valence-corrected chi connectivity index (χ1v) is 6.46. The van der Waals surface area contributed by atoms with Crippen molar-refractivity contribution in [2.75, 3.05) is 0 Å². The molecule has 1 rings (SSSR count). The number of carbonyl (C=O) groups excluding carboxylic acids is 1. The number of rotatable bonds is 6. The lowest BCUT2D eigenvalue weighted by molar-refractivity contribution is -0.126. The van der Waals surface area contributed by atoms with Crippen LogP contribution < -0.4 is 11.1 Å². The van der Waals surface area contributed by atoms with Gasteiger partial charge >= 0.3 is 0 Å². The fourth-order valence-corrected chi connectivity index (χ4v) is 1.97. The van der Waals surface area contributed by atoms with E-state index in [2.05, 4.69) is 15.5 Å². The van der Waals surface area contributed by atoms with E-state index >= 15 is 0 Å². The number of aryl methyl sites for hydroxylation is 1. The lowest BCUT2D eigenvalue weighted by Crippen LogP contribution is -2.53. The molecule has 5 heteroatoms. The summed E-state index contributed by atoms with van der Waals surface area (Å²) >= 11 is 0. The van der Waals surface area contributed by atoms with Crippen LogP contribution >= 0.6 is 0 Å². The zero-order chi connectivity index (χ0) is 13.8. The first kappa shape index (κ1) is 14.7. The number of hydrogen-bond donors (Lipinski definition) is 3. The zero-order valence-corrected chi connectivity index (χ0v) is 11.7. The van der Waals surface area contributed by atoms with Gasteiger partial charge in [0, 0.05) is 18.2 Å². The van der Waals surface area contributed by atoms with Crippen LogP contribution in [0.3, 0.4) is 0 Å². The van der Waals surface area contributed by atoms with E-state index in [1.54, 1.807) is 6.92 Å². The molecule has 0 aliphatic carbocycles. The third kappa shape index (κ3) is 4.14. The summed E-state index contributed by atoms with van der Waals surface area (Å²) in [5, 5.41) is 9.99. The second-order valence-electron chi connectivity index (χ2n) is 5.29. The highest BCUT2D eigenvalue weighted by atomic mass is 16.2. The van der Waals surface area contributed by atoms with Crippen LogP contribution in [0.25, 0.3) is 0 Å². The summed E-state index contributed by atoms with van der Waals surface area (Å²) < 4.78 is 0. The molecule has 0 saturated heterocycles. The van der Waals surface area contributed by atoms with Crippen LogP contribution in [-0.4, -0.2) is 27.7 Å². The Hall–Kier alpha value is -1.36. The summed E-state index contributed by atoms with van der Waals surface area (Å²) in [4.78, 5) is 12.0. The van der Waals surface area contributed by atoms with E-state index in [0.717, 1.165) is 17.8 Å². The van der Waals surface area contributed by atoms with Crippen LogP contribution in [0.1, 0.15) is 45.0 Å². The SMILES string of the molecule is CCCC(C)(N)C(=O)NC(C)Cc1cc(C)[nH]n1. The van der Waals surface area contributed by atoms with Crippen LogP contribution in [0.15, 0.2) is 6.07 Å². The molecule has 1 heterocycles. The topological polar surface area (TPSA) is 83.8 Å². The van der Waals surface area contributed by atoms with E-state index in [-0.39, 0.29) is 11.9 Å². The Bertz CT molecular complexity index is 397. The molecule has 1 aromatic rings. The predicted octanol–water partition coefficient (Wildman–Crippen LogP) is 1.28. The van der Waals surface area contributed by atoms with Crippen molar-refractivity contribution in [2.24, 2.45) is 5.73 Å². The quantitative estimate of drug-likeness (QED) is 0.713. The molecule has 2 atom stereocenters. The lowest BCUT2D eigenvalue weighted by atomic mass is 9.96. The molecular weight excluding hydrogens is 228 g/mol. The Morgan fingerprint density at radius 1 is 1.67 bits per heavy atom. The molecule has 0 fully saturated rings. The van der Waals surface area contributed by atoms with E-state index < -0.39 is 5.54 Å². The van der Waals surface area contributed by atoms with E-state index in [1.165, 1.54) is 0 Å². The fraction of sp³-hybridized carbons (Fsp3) is 0.692. The highest BCUT2D eigenvalue weighted by molar-refractivity contribution is 5.85. The number of nitrogens with zero attached hydrogens (tertiary/aromatic N) is 1. The summed E-state index contributed by atoms with van der Waals surface area (Å²) in [6, 6.07) is 2.01. The predicted molar refractivity (Wildman–Crippen MR) is 72.1 cm³/mol. The number of aromatic amines is 1. The third-order valence-electron chi connectivity index (χ3n) is 2.94. The van der Waals surface area contributed by atoms with E-state index in [0.29, 0.717) is 12.8 Å². The van der Waals surface area contributed by atoms with Crippen LogP contribution in [0.5, 0.6) is 0 Å². The van der Waals surface area contributed by atoms with Gasteiger partial charge in [-0.3, -0.25) is 9.89 Å². The van der Waals surface area contributed by atoms with E-state index in [9.17, 15) is 4.79 Å². The summed E-state index contributed by atoms with van der Waals surface area (Å²) in [7, 11) is 0. The molecule has 4 N–H and O–H groups in total. The normalized spacial score (nSPS) is 16.1. The molecule has 1 aromatic heterocycles. The molecule has 1 amide bonds. The molecule has 0 aromatic carbocycles. The summed E-state index contributed by atoms with van der Waals surface area (Å²) in [6.45, 7) is 7.72. The molecule has 2 unspecified atom stereocenters. The van der Waals surface area contributed by atoms with Crippen molar-refractivity contribution in [3.8, 4) is 0 Å². The van der Waals surface area contributed by atoms with Gasteiger partial charge < -0.3 is 11.1 Å². The van der Waals surface area contributed by atoms with Gasteiger partial charge in [0.05, 0.1) is 11.2 Å². The number of H-pyrrole nitrogens is 1. The molecule has 0 saturated carbocycles. The maximum absolute atomic E-state index is 12.0. The van der Waals surface area contributed by atoms with Crippen molar-refractivity contribution < 1.29 is 4.79 Å². The summed E-state index contributed by atoms with van der Waals surface area (Å²) in [5.41, 5.74) is 7.17. The third-order valence-corrected chi connectivity index (χ3v) is 2.94. The number of nitrogens with one attached hydrogen (secondary N) is 2. The first-order chi connectivity index (χ1) is 8.35. The van der Waals surface area contributed by atoms with Gasteiger partial charge in [-0.05, 0) is 33.3 Å². The molecule has 0 radical (unpaired) electrons. The Labute approximate surface area is 109 Å². The molecule has 102 valence electrons. The van der Waals surface area contributed by atoms with Crippen LogP contribution in [-0.2, 0) is 11.2 Å². The van der Waals surface area contributed by atoms with Crippen molar-refractivity contribution in [1.29, 1.82) is 0 Å². The maximum Gasteiger partial charge on any atom is 0.240 e. The molecule has 5 nitrogen and oxygen atoms in total. The van der Waals surface area contributed by atoms with Crippen LogP contribution in [0, 0.1) is 6.92 Å².